The lowest BCUT2D eigenvalue weighted by molar-refractivity contribution is 0.989. The minimum atomic E-state index is 0.156. The van der Waals surface area contributed by atoms with Gasteiger partial charge in [-0.2, -0.15) is 9.97 Å². The highest BCUT2D eigenvalue weighted by Crippen LogP contribution is 2.20. The average Bonchev–Trinajstić information content (AvgIpc) is 3.11. The molecular formula is C13H9BrClN7. The van der Waals surface area contributed by atoms with E-state index in [2.05, 4.69) is 46.2 Å². The molecule has 2 N–H and O–H groups in total. The first kappa shape index (κ1) is 13.5. The summed E-state index contributed by atoms with van der Waals surface area (Å²) >= 11 is 9.38. The molecule has 0 amide bonds. The van der Waals surface area contributed by atoms with Crippen molar-refractivity contribution in [3.63, 3.8) is 0 Å². The molecule has 0 aliphatic rings. The number of rotatable bonds is 3. The van der Waals surface area contributed by atoms with Crippen LogP contribution in [0.15, 0.2) is 35.3 Å². The largest absolute Gasteiger partial charge is 0.362 e. The Bertz CT molecular complexity index is 977. The van der Waals surface area contributed by atoms with E-state index < -0.39 is 0 Å². The zero-order valence-electron chi connectivity index (χ0n) is 11.1. The Kier molecular flexibility index (Phi) is 3.20. The molecule has 4 rings (SSSR count). The van der Waals surface area contributed by atoms with Gasteiger partial charge in [-0.15, -0.1) is 0 Å². The van der Waals surface area contributed by atoms with Crippen molar-refractivity contribution in [1.29, 1.82) is 0 Å². The lowest BCUT2D eigenvalue weighted by Crippen LogP contribution is -2.05. The van der Waals surface area contributed by atoms with Crippen LogP contribution < -0.4 is 5.32 Å². The lowest BCUT2D eigenvalue weighted by atomic mass is 10.4. The van der Waals surface area contributed by atoms with Gasteiger partial charge in [0, 0.05) is 10.7 Å². The molecule has 0 unspecified atom stereocenters. The Morgan fingerprint density at radius 2 is 2.18 bits per heavy atom. The second kappa shape index (κ2) is 5.22. The number of H-pyrrole nitrogens is 1. The number of pyridine rings is 1. The fraction of sp³-hybridized carbons (Fsp3) is 0.0769. The van der Waals surface area contributed by atoms with Gasteiger partial charge in [0.25, 0.3) is 0 Å². The molecule has 9 heteroatoms. The highest BCUT2D eigenvalue weighted by atomic mass is 79.9. The molecule has 0 saturated carbocycles. The molecule has 0 aromatic carbocycles. The van der Waals surface area contributed by atoms with E-state index >= 15 is 0 Å². The second-order valence-corrected chi connectivity index (χ2v) is 5.87. The number of aromatic nitrogens is 6. The maximum absolute atomic E-state index is 5.92. The summed E-state index contributed by atoms with van der Waals surface area (Å²) in [6.45, 7) is 0.541. The summed E-state index contributed by atoms with van der Waals surface area (Å²) in [5.74, 6) is 0.609. The van der Waals surface area contributed by atoms with Gasteiger partial charge in [-0.05, 0) is 39.7 Å². The van der Waals surface area contributed by atoms with Gasteiger partial charge in [0.1, 0.15) is 11.2 Å². The van der Waals surface area contributed by atoms with E-state index in [1.165, 1.54) is 0 Å². The maximum Gasteiger partial charge on any atom is 0.226 e. The summed E-state index contributed by atoms with van der Waals surface area (Å²) in [5, 5.41) is 3.40. The highest BCUT2D eigenvalue weighted by molar-refractivity contribution is 9.10. The molecule has 4 heterocycles. The van der Waals surface area contributed by atoms with Crippen LogP contribution in [-0.2, 0) is 6.54 Å². The van der Waals surface area contributed by atoms with E-state index in [1.807, 2.05) is 28.9 Å². The molecule has 0 aliphatic heterocycles. The van der Waals surface area contributed by atoms with Gasteiger partial charge in [0.15, 0.2) is 11.5 Å². The van der Waals surface area contributed by atoms with Gasteiger partial charge in [0.05, 0.1) is 24.8 Å². The number of aromatic amines is 1. The Hall–Kier alpha value is -2.19. The molecule has 7 nitrogen and oxygen atoms in total. The van der Waals surface area contributed by atoms with Crippen LogP contribution in [0.1, 0.15) is 5.69 Å². The van der Waals surface area contributed by atoms with Gasteiger partial charge in [-0.1, -0.05) is 0 Å². The van der Waals surface area contributed by atoms with Crippen molar-refractivity contribution in [2.45, 2.75) is 6.54 Å². The molecule has 0 saturated heterocycles. The van der Waals surface area contributed by atoms with E-state index in [1.54, 1.807) is 6.33 Å². The van der Waals surface area contributed by atoms with Crippen LogP contribution >= 0.6 is 27.5 Å². The van der Waals surface area contributed by atoms with Crippen molar-refractivity contribution in [3.05, 3.63) is 46.3 Å². The molecule has 22 heavy (non-hydrogen) atoms. The molecule has 0 aliphatic carbocycles. The van der Waals surface area contributed by atoms with Crippen LogP contribution in [0, 0.1) is 0 Å². The zero-order chi connectivity index (χ0) is 15.1. The summed E-state index contributed by atoms with van der Waals surface area (Å²) in [4.78, 5) is 19.7. The molecule has 110 valence electrons. The first-order chi connectivity index (χ1) is 10.7. The number of anilines is 1. The Balaban J connectivity index is 1.68. The summed E-state index contributed by atoms with van der Waals surface area (Å²) in [6.07, 6.45) is 5.35. The van der Waals surface area contributed by atoms with E-state index in [0.717, 1.165) is 21.3 Å². The Labute approximate surface area is 137 Å². The number of hydrogen-bond acceptors (Lipinski definition) is 5. The molecule has 4 aromatic heterocycles. The molecular weight excluding hydrogens is 370 g/mol. The Morgan fingerprint density at radius 1 is 1.27 bits per heavy atom. The molecule has 0 fully saturated rings. The van der Waals surface area contributed by atoms with Crippen molar-refractivity contribution >= 4 is 50.2 Å². The number of nitrogens with zero attached hydrogens (tertiary/aromatic N) is 5. The summed E-state index contributed by atoms with van der Waals surface area (Å²) < 4.78 is 2.99. The summed E-state index contributed by atoms with van der Waals surface area (Å²) in [6, 6.07) is 3.90. The molecule has 0 spiro atoms. The number of fused-ring (bicyclic) bond motifs is 2. The van der Waals surface area contributed by atoms with Crippen molar-refractivity contribution in [2.24, 2.45) is 0 Å². The smallest absolute Gasteiger partial charge is 0.226 e. The summed E-state index contributed by atoms with van der Waals surface area (Å²) in [7, 11) is 0. The van der Waals surface area contributed by atoms with Crippen LogP contribution in [0.2, 0.25) is 5.28 Å². The Morgan fingerprint density at radius 3 is 3.09 bits per heavy atom. The normalized spacial score (nSPS) is 11.4. The third kappa shape index (κ3) is 2.30. The predicted octanol–water partition coefficient (Wildman–Crippen LogP) is 3.03. The minimum Gasteiger partial charge on any atom is -0.362 e. The van der Waals surface area contributed by atoms with Crippen LogP contribution in [0.4, 0.5) is 5.82 Å². The molecule has 0 atom stereocenters. The summed E-state index contributed by atoms with van der Waals surface area (Å²) in [5.41, 5.74) is 3.13. The number of imidazole rings is 2. The second-order valence-electron chi connectivity index (χ2n) is 4.62. The van der Waals surface area contributed by atoms with Crippen LogP contribution in [0.5, 0.6) is 0 Å². The topological polar surface area (TPSA) is 83.8 Å². The van der Waals surface area contributed by atoms with Gasteiger partial charge >= 0.3 is 0 Å². The third-order valence-corrected chi connectivity index (χ3v) is 3.88. The number of halogens is 2. The lowest BCUT2D eigenvalue weighted by Gasteiger charge is -2.07. The van der Waals surface area contributed by atoms with Crippen molar-refractivity contribution in [2.75, 3.05) is 5.32 Å². The van der Waals surface area contributed by atoms with Crippen molar-refractivity contribution in [3.8, 4) is 0 Å². The molecule has 0 bridgehead atoms. The van der Waals surface area contributed by atoms with Gasteiger partial charge in [-0.3, -0.25) is 0 Å². The molecule has 0 radical (unpaired) electrons. The number of hydrogen-bond donors (Lipinski definition) is 2. The number of nitrogens with one attached hydrogen (secondary N) is 2. The molecule has 4 aromatic rings. The van der Waals surface area contributed by atoms with Crippen molar-refractivity contribution in [1.82, 2.24) is 29.3 Å². The van der Waals surface area contributed by atoms with Crippen LogP contribution in [0.25, 0.3) is 16.8 Å². The van der Waals surface area contributed by atoms with E-state index in [-0.39, 0.29) is 5.28 Å². The first-order valence-electron chi connectivity index (χ1n) is 6.43. The first-order valence-corrected chi connectivity index (χ1v) is 7.60. The van der Waals surface area contributed by atoms with Gasteiger partial charge < -0.3 is 14.7 Å². The SMILES string of the molecule is Clc1nc(NCc2cnc3ccc(Br)cn23)c2[nH]cnc2n1. The van der Waals surface area contributed by atoms with Gasteiger partial charge in [-0.25, -0.2) is 9.97 Å². The monoisotopic (exact) mass is 377 g/mol. The van der Waals surface area contributed by atoms with E-state index in [9.17, 15) is 0 Å². The standard InChI is InChI=1S/C13H9BrClN7/c14-7-1-2-9-16-3-8(22(9)5-7)4-17-11-10-12(19-6-18-10)21-13(15)20-11/h1-3,5-6H,4H2,(H2,17,18,19,20,21). The quantitative estimate of drug-likeness (QED) is 0.535. The average molecular weight is 379 g/mol. The van der Waals surface area contributed by atoms with Gasteiger partial charge in [0.2, 0.25) is 5.28 Å². The fourth-order valence-electron chi connectivity index (χ4n) is 2.24. The third-order valence-electron chi connectivity index (χ3n) is 3.24. The van der Waals surface area contributed by atoms with E-state index in [0.29, 0.717) is 18.0 Å². The minimum absolute atomic E-state index is 0.156. The zero-order valence-corrected chi connectivity index (χ0v) is 13.4. The van der Waals surface area contributed by atoms with E-state index in [4.69, 9.17) is 11.6 Å². The predicted molar refractivity (Wildman–Crippen MR) is 86.9 cm³/mol. The highest BCUT2D eigenvalue weighted by Gasteiger charge is 2.10. The fourth-order valence-corrected chi connectivity index (χ4v) is 2.75. The van der Waals surface area contributed by atoms with Crippen LogP contribution in [0.3, 0.4) is 0 Å². The maximum atomic E-state index is 5.92. The van der Waals surface area contributed by atoms with Crippen LogP contribution in [-0.4, -0.2) is 29.3 Å². The van der Waals surface area contributed by atoms with Crippen molar-refractivity contribution < 1.29 is 0 Å².